The fraction of sp³-hybridized carbons (Fsp3) is 0.583. The Balaban J connectivity index is 2.34. The van der Waals surface area contributed by atoms with Crippen LogP contribution in [-0.4, -0.2) is 54.0 Å². The molecule has 7 nitrogen and oxygen atoms in total. The van der Waals surface area contributed by atoms with Crippen molar-refractivity contribution in [1.29, 1.82) is 0 Å². The van der Waals surface area contributed by atoms with Crippen LogP contribution >= 0.6 is 0 Å². The van der Waals surface area contributed by atoms with Crippen molar-refractivity contribution in [1.82, 2.24) is 4.90 Å². The van der Waals surface area contributed by atoms with Gasteiger partial charge in [-0.3, -0.25) is 0 Å². The van der Waals surface area contributed by atoms with Gasteiger partial charge in [0, 0.05) is 12.1 Å². The van der Waals surface area contributed by atoms with Crippen molar-refractivity contribution < 1.29 is 28.9 Å². The first-order chi connectivity index (χ1) is 14.7. The highest BCUT2D eigenvalue weighted by Gasteiger charge is 2.36. The smallest absolute Gasteiger partial charge is 0.410 e. The van der Waals surface area contributed by atoms with E-state index in [1.807, 2.05) is 26.8 Å². The van der Waals surface area contributed by atoms with Crippen LogP contribution in [0.1, 0.15) is 74.8 Å². The quantitative estimate of drug-likeness (QED) is 0.365. The molecular weight excluding hydrogens is 398 g/mol. The van der Waals surface area contributed by atoms with Gasteiger partial charge in [-0.1, -0.05) is 12.1 Å². The number of hydrogen-bond acceptors (Lipinski definition) is 6. The van der Waals surface area contributed by atoms with E-state index in [-0.39, 0.29) is 0 Å². The second kappa shape index (κ2) is 11.2. The van der Waals surface area contributed by atoms with Gasteiger partial charge in [0.15, 0.2) is 0 Å². The van der Waals surface area contributed by atoms with Gasteiger partial charge in [-0.15, -0.1) is 6.58 Å². The summed E-state index contributed by atoms with van der Waals surface area (Å²) in [6, 6.07) is 4.64. The topological polar surface area (TPSA) is 85.3 Å². The number of piperidine rings is 1. The summed E-state index contributed by atoms with van der Waals surface area (Å²) in [5, 5.41) is 10.3. The largest absolute Gasteiger partial charge is 0.493 e. The Kier molecular flexibility index (Phi) is 8.92. The van der Waals surface area contributed by atoms with E-state index in [1.54, 1.807) is 23.1 Å². The normalized spacial score (nSPS) is 18.9. The molecule has 0 aromatic heterocycles. The van der Waals surface area contributed by atoms with E-state index in [1.165, 1.54) is 7.11 Å². The van der Waals surface area contributed by atoms with Gasteiger partial charge in [-0.25, -0.2) is 9.59 Å². The van der Waals surface area contributed by atoms with Crippen LogP contribution in [0.5, 0.6) is 5.75 Å². The van der Waals surface area contributed by atoms with E-state index in [0.717, 1.165) is 24.8 Å². The van der Waals surface area contributed by atoms with Crippen LogP contribution in [0, 0.1) is 0 Å². The van der Waals surface area contributed by atoms with Gasteiger partial charge in [0.1, 0.15) is 11.4 Å². The van der Waals surface area contributed by atoms with E-state index >= 15 is 0 Å². The zero-order valence-corrected chi connectivity index (χ0v) is 19.1. The number of aliphatic hydroxyl groups is 1. The lowest BCUT2D eigenvalue weighted by molar-refractivity contribution is -0.00886. The summed E-state index contributed by atoms with van der Waals surface area (Å²) in [7, 11) is 1.33. The number of ether oxygens (including phenoxy) is 3. The van der Waals surface area contributed by atoms with E-state index in [4.69, 9.17) is 14.2 Å². The number of benzene rings is 1. The average molecular weight is 434 g/mol. The van der Waals surface area contributed by atoms with Gasteiger partial charge in [-0.05, 0) is 65.0 Å². The van der Waals surface area contributed by atoms with Gasteiger partial charge < -0.3 is 24.2 Å². The van der Waals surface area contributed by atoms with Gasteiger partial charge in [0.25, 0.3) is 0 Å². The van der Waals surface area contributed by atoms with Gasteiger partial charge in [-0.2, -0.15) is 0 Å². The maximum absolute atomic E-state index is 12.9. The SMILES string of the molecule is C=CCCCCOc1cc(C(=O)OC)ccc1[C@@H]1C[C@@H](O)CCN1C(=O)OC(C)(C)C. The van der Waals surface area contributed by atoms with E-state index < -0.39 is 29.8 Å². The highest BCUT2D eigenvalue weighted by atomic mass is 16.6. The van der Waals surface area contributed by atoms with Gasteiger partial charge >= 0.3 is 12.1 Å². The number of methoxy groups -OCH3 is 1. The number of amides is 1. The number of aliphatic hydroxyl groups excluding tert-OH is 1. The second-order valence-corrected chi connectivity index (χ2v) is 8.74. The summed E-state index contributed by atoms with van der Waals surface area (Å²) >= 11 is 0. The molecule has 1 heterocycles. The molecule has 0 spiro atoms. The van der Waals surface area contributed by atoms with E-state index in [0.29, 0.717) is 37.3 Å². The maximum Gasteiger partial charge on any atom is 0.410 e. The molecule has 0 radical (unpaired) electrons. The number of unbranched alkanes of at least 4 members (excludes halogenated alkanes) is 2. The van der Waals surface area contributed by atoms with Crippen molar-refractivity contribution in [3.8, 4) is 5.75 Å². The third-order valence-corrected chi connectivity index (χ3v) is 5.06. The molecule has 7 heteroatoms. The summed E-state index contributed by atoms with van der Waals surface area (Å²) in [5.74, 6) is 0.0462. The molecule has 1 N–H and O–H groups in total. The van der Waals surface area contributed by atoms with Crippen LogP contribution in [0.25, 0.3) is 0 Å². The van der Waals surface area contributed by atoms with Gasteiger partial charge in [0.05, 0.1) is 31.4 Å². The standard InChI is InChI=1S/C24H35NO6/c1-6-7-8-9-14-30-21-15-17(22(27)29-5)10-11-19(21)20-16-18(26)12-13-25(20)23(28)31-24(2,3)4/h6,10-11,15,18,20,26H,1,7-9,12-14,16H2,2-5H3/t18-,20-/m0/s1. The van der Waals surface area contributed by atoms with Crippen molar-refractivity contribution in [3.05, 3.63) is 42.0 Å². The third-order valence-electron chi connectivity index (χ3n) is 5.06. The van der Waals surface area contributed by atoms with Crippen molar-refractivity contribution in [2.45, 2.75) is 70.6 Å². The van der Waals surface area contributed by atoms with Crippen molar-refractivity contribution in [2.24, 2.45) is 0 Å². The Morgan fingerprint density at radius 1 is 1.29 bits per heavy atom. The predicted molar refractivity (Wildman–Crippen MR) is 118 cm³/mol. The van der Waals surface area contributed by atoms with Crippen LogP contribution in [0.2, 0.25) is 0 Å². The first-order valence-corrected chi connectivity index (χ1v) is 10.8. The van der Waals surface area contributed by atoms with E-state index in [2.05, 4.69) is 6.58 Å². The van der Waals surface area contributed by atoms with Crippen molar-refractivity contribution in [3.63, 3.8) is 0 Å². The Labute approximate surface area is 185 Å². The minimum atomic E-state index is -0.628. The first kappa shape index (κ1) is 24.7. The minimum absolute atomic E-state index is 0.365. The molecule has 1 aromatic carbocycles. The molecule has 1 fully saturated rings. The van der Waals surface area contributed by atoms with Crippen LogP contribution in [0.3, 0.4) is 0 Å². The number of likely N-dealkylation sites (tertiary alicyclic amines) is 1. The Morgan fingerprint density at radius 2 is 2.03 bits per heavy atom. The number of carbonyl (C=O) groups is 2. The fourth-order valence-electron chi connectivity index (χ4n) is 3.53. The molecule has 1 aromatic rings. The molecule has 0 aliphatic carbocycles. The Hall–Kier alpha value is -2.54. The molecule has 0 saturated carbocycles. The summed E-state index contributed by atoms with van der Waals surface area (Å²) in [6.45, 7) is 10.0. The number of rotatable bonds is 8. The fourth-order valence-corrected chi connectivity index (χ4v) is 3.53. The van der Waals surface area contributed by atoms with E-state index in [9.17, 15) is 14.7 Å². The minimum Gasteiger partial charge on any atom is -0.493 e. The Bertz CT molecular complexity index is 770. The number of carbonyl (C=O) groups excluding carboxylic acids is 2. The number of hydrogen-bond donors (Lipinski definition) is 1. The molecule has 1 aliphatic rings. The molecular formula is C24H35NO6. The molecule has 1 saturated heterocycles. The van der Waals surface area contributed by atoms with Crippen molar-refractivity contribution >= 4 is 12.1 Å². The van der Waals surface area contributed by atoms with Crippen LogP contribution in [0.15, 0.2) is 30.9 Å². The lowest BCUT2D eigenvalue weighted by Crippen LogP contribution is -2.45. The molecule has 31 heavy (non-hydrogen) atoms. The molecule has 172 valence electrons. The molecule has 2 atom stereocenters. The highest BCUT2D eigenvalue weighted by Crippen LogP contribution is 2.38. The summed E-state index contributed by atoms with van der Waals surface area (Å²) in [5.41, 5.74) is 0.477. The summed E-state index contributed by atoms with van der Waals surface area (Å²) in [6.07, 6.45) is 4.42. The molecule has 1 aliphatic heterocycles. The summed E-state index contributed by atoms with van der Waals surface area (Å²) in [4.78, 5) is 26.5. The first-order valence-electron chi connectivity index (χ1n) is 10.8. The predicted octanol–water partition coefficient (Wildman–Crippen LogP) is 4.64. The van der Waals surface area contributed by atoms with Crippen LogP contribution in [0.4, 0.5) is 4.79 Å². The average Bonchev–Trinajstić information content (AvgIpc) is 2.71. The van der Waals surface area contributed by atoms with Crippen LogP contribution in [-0.2, 0) is 9.47 Å². The zero-order chi connectivity index (χ0) is 23.0. The Morgan fingerprint density at radius 3 is 2.68 bits per heavy atom. The number of allylic oxidation sites excluding steroid dienone is 1. The maximum atomic E-state index is 12.9. The van der Waals surface area contributed by atoms with Crippen molar-refractivity contribution in [2.75, 3.05) is 20.3 Å². The molecule has 1 amide bonds. The zero-order valence-electron chi connectivity index (χ0n) is 19.1. The second-order valence-electron chi connectivity index (χ2n) is 8.74. The van der Waals surface area contributed by atoms with Crippen LogP contribution < -0.4 is 4.74 Å². The highest BCUT2D eigenvalue weighted by molar-refractivity contribution is 5.90. The monoisotopic (exact) mass is 433 g/mol. The lowest BCUT2D eigenvalue weighted by Gasteiger charge is -2.39. The summed E-state index contributed by atoms with van der Waals surface area (Å²) < 4.78 is 16.5. The molecule has 0 unspecified atom stereocenters. The number of esters is 1. The number of nitrogens with zero attached hydrogens (tertiary/aromatic N) is 1. The molecule has 2 rings (SSSR count). The molecule has 0 bridgehead atoms. The van der Waals surface area contributed by atoms with Gasteiger partial charge in [0.2, 0.25) is 0 Å². The lowest BCUT2D eigenvalue weighted by atomic mass is 9.92. The third kappa shape index (κ3) is 7.28.